The largest absolute Gasteiger partial charge is 0.491 e. The Balaban J connectivity index is 1.57. The van der Waals surface area contributed by atoms with Gasteiger partial charge in [0.25, 0.3) is 5.91 Å². The molecule has 2 aliphatic rings. The third kappa shape index (κ3) is 7.13. The molecule has 1 amide bonds. The second kappa shape index (κ2) is 13.0. The molecule has 10 heteroatoms. The average molecular weight is 500 g/mol. The van der Waals surface area contributed by atoms with Crippen LogP contribution >= 0.6 is 0 Å². The monoisotopic (exact) mass is 499 g/mol. The molecule has 1 aromatic heterocycles. The first-order valence-corrected chi connectivity index (χ1v) is 12.7. The Labute approximate surface area is 212 Å². The second-order valence-corrected chi connectivity index (χ2v) is 9.39. The van der Waals surface area contributed by atoms with E-state index in [2.05, 4.69) is 20.9 Å². The molecule has 2 atom stereocenters. The number of carbonyl (C=O) groups is 1. The number of benzene rings is 1. The van der Waals surface area contributed by atoms with Gasteiger partial charge in [-0.15, -0.1) is 0 Å². The van der Waals surface area contributed by atoms with Crippen molar-refractivity contribution in [1.82, 2.24) is 20.6 Å². The molecule has 0 aliphatic carbocycles. The first-order valence-electron chi connectivity index (χ1n) is 12.7. The summed E-state index contributed by atoms with van der Waals surface area (Å²) in [6, 6.07) is 7.51. The van der Waals surface area contributed by atoms with Crippen LogP contribution in [-0.4, -0.2) is 86.3 Å². The van der Waals surface area contributed by atoms with E-state index in [1.807, 2.05) is 31.2 Å². The predicted molar refractivity (Wildman–Crippen MR) is 136 cm³/mol. The summed E-state index contributed by atoms with van der Waals surface area (Å²) < 4.78 is 16.7. The maximum absolute atomic E-state index is 13.2. The summed E-state index contributed by atoms with van der Waals surface area (Å²) >= 11 is 0. The van der Waals surface area contributed by atoms with Gasteiger partial charge in [0.2, 0.25) is 0 Å². The molecule has 0 bridgehead atoms. The van der Waals surface area contributed by atoms with Crippen molar-refractivity contribution in [1.29, 1.82) is 0 Å². The van der Waals surface area contributed by atoms with E-state index >= 15 is 0 Å². The summed E-state index contributed by atoms with van der Waals surface area (Å²) in [7, 11) is 1.78. The van der Waals surface area contributed by atoms with Crippen LogP contribution in [0, 0.1) is 12.8 Å². The van der Waals surface area contributed by atoms with Crippen molar-refractivity contribution in [3.63, 3.8) is 0 Å². The molecule has 2 aliphatic heterocycles. The number of hydrogen-bond acceptors (Lipinski definition) is 9. The lowest BCUT2D eigenvalue weighted by molar-refractivity contribution is 0.0642. The van der Waals surface area contributed by atoms with E-state index < -0.39 is 6.10 Å². The van der Waals surface area contributed by atoms with Crippen LogP contribution in [0.1, 0.15) is 35.3 Å². The minimum Gasteiger partial charge on any atom is -0.491 e. The molecule has 0 spiro atoms. The van der Waals surface area contributed by atoms with E-state index in [4.69, 9.17) is 19.2 Å². The molecular weight excluding hydrogens is 462 g/mol. The zero-order valence-corrected chi connectivity index (χ0v) is 21.1. The number of nitrogens with zero attached hydrogens (tertiary/aromatic N) is 2. The number of anilines is 1. The fourth-order valence-corrected chi connectivity index (χ4v) is 4.33. The second-order valence-electron chi connectivity index (χ2n) is 9.39. The third-order valence-electron chi connectivity index (χ3n) is 6.50. The molecule has 1 unspecified atom stereocenters. The molecule has 3 heterocycles. The number of carbonyl (C=O) groups excluding carboxylic acids is 1. The Morgan fingerprint density at radius 2 is 2.00 bits per heavy atom. The fraction of sp³-hybridized carbons (Fsp3) is 0.577. The van der Waals surface area contributed by atoms with Crippen molar-refractivity contribution >= 4 is 11.7 Å². The SMILES string of the molecule is CNCC(O)COc1cccc(-c2nc(N[C@@H]3CCOC3)c(C)c(C(=O)NCC3CCOCC3)n2)c1. The maximum atomic E-state index is 13.2. The summed E-state index contributed by atoms with van der Waals surface area (Å²) in [5, 5.41) is 19.4. The minimum absolute atomic E-state index is 0.132. The zero-order chi connectivity index (χ0) is 25.3. The molecule has 0 saturated carbocycles. The molecule has 4 N–H and O–H groups in total. The lowest BCUT2D eigenvalue weighted by atomic mass is 10.0. The van der Waals surface area contributed by atoms with Crippen LogP contribution in [-0.2, 0) is 9.47 Å². The molecule has 1 aromatic carbocycles. The predicted octanol–water partition coefficient (Wildman–Crippen LogP) is 1.77. The van der Waals surface area contributed by atoms with Crippen LogP contribution in [0.25, 0.3) is 11.4 Å². The van der Waals surface area contributed by atoms with Crippen LogP contribution in [0.4, 0.5) is 5.82 Å². The Hall–Kier alpha value is -2.79. The highest BCUT2D eigenvalue weighted by atomic mass is 16.5. The topological polar surface area (TPSA) is 127 Å². The zero-order valence-electron chi connectivity index (χ0n) is 21.1. The summed E-state index contributed by atoms with van der Waals surface area (Å²) in [4.78, 5) is 22.7. The van der Waals surface area contributed by atoms with Gasteiger partial charge in [-0.2, -0.15) is 0 Å². The maximum Gasteiger partial charge on any atom is 0.270 e. The molecule has 2 fully saturated rings. The van der Waals surface area contributed by atoms with E-state index in [0.717, 1.165) is 38.0 Å². The number of aliphatic hydroxyl groups is 1. The molecule has 2 saturated heterocycles. The van der Waals surface area contributed by atoms with Crippen molar-refractivity contribution < 1.29 is 24.1 Å². The van der Waals surface area contributed by atoms with Gasteiger partial charge >= 0.3 is 0 Å². The van der Waals surface area contributed by atoms with Gasteiger partial charge in [-0.05, 0) is 51.3 Å². The minimum atomic E-state index is -0.621. The van der Waals surface area contributed by atoms with Crippen molar-refractivity contribution in [3.8, 4) is 17.1 Å². The summed E-state index contributed by atoms with van der Waals surface area (Å²) in [5.41, 5.74) is 1.78. The number of likely N-dealkylation sites (N-methyl/N-ethyl adjacent to an activating group) is 1. The van der Waals surface area contributed by atoms with Gasteiger partial charge in [0, 0.05) is 44.0 Å². The van der Waals surface area contributed by atoms with E-state index in [1.165, 1.54) is 0 Å². The van der Waals surface area contributed by atoms with Crippen LogP contribution in [0.5, 0.6) is 5.75 Å². The van der Waals surface area contributed by atoms with Crippen LogP contribution < -0.4 is 20.7 Å². The number of rotatable bonds is 11. The van der Waals surface area contributed by atoms with Gasteiger partial charge in [0.15, 0.2) is 5.82 Å². The normalized spacial score (nSPS) is 19.1. The van der Waals surface area contributed by atoms with Gasteiger partial charge < -0.3 is 35.3 Å². The van der Waals surface area contributed by atoms with E-state index in [-0.39, 0.29) is 18.6 Å². The quantitative estimate of drug-likeness (QED) is 0.366. The molecule has 4 rings (SSSR count). The van der Waals surface area contributed by atoms with Gasteiger partial charge in [-0.3, -0.25) is 4.79 Å². The van der Waals surface area contributed by atoms with Crippen LogP contribution in [0.2, 0.25) is 0 Å². The number of aromatic nitrogens is 2. The highest BCUT2D eigenvalue weighted by Gasteiger charge is 2.23. The molecule has 196 valence electrons. The molecule has 0 radical (unpaired) electrons. The fourth-order valence-electron chi connectivity index (χ4n) is 4.33. The molecule has 10 nitrogen and oxygen atoms in total. The number of amides is 1. The number of nitrogens with one attached hydrogen (secondary N) is 3. The Morgan fingerprint density at radius 1 is 1.19 bits per heavy atom. The van der Waals surface area contributed by atoms with Crippen molar-refractivity contribution in [2.75, 3.05) is 58.5 Å². The van der Waals surface area contributed by atoms with E-state index in [1.54, 1.807) is 7.05 Å². The van der Waals surface area contributed by atoms with Gasteiger partial charge in [0.1, 0.15) is 30.0 Å². The Bertz CT molecular complexity index is 1010. The van der Waals surface area contributed by atoms with Crippen molar-refractivity contribution in [2.24, 2.45) is 5.92 Å². The number of hydrogen-bond donors (Lipinski definition) is 4. The molecule has 36 heavy (non-hydrogen) atoms. The average Bonchev–Trinajstić information content (AvgIpc) is 3.41. The lowest BCUT2D eigenvalue weighted by Gasteiger charge is -2.22. The standard InChI is InChI=1S/C26H37N5O5/c1-17-23(26(33)28-13-18-6-9-34-10-7-18)30-25(31-24(17)29-20-8-11-35-15-20)19-4-3-5-22(12-19)36-16-21(32)14-27-2/h3-5,12,18,20-21,27,32H,6-11,13-16H2,1-2H3,(H,28,33)(H,29,30,31)/t20-,21?/m1/s1. The van der Waals surface area contributed by atoms with Crippen molar-refractivity contribution in [3.05, 3.63) is 35.5 Å². The number of ether oxygens (including phenoxy) is 3. The molecule has 2 aromatic rings. The van der Waals surface area contributed by atoms with E-state index in [0.29, 0.717) is 60.9 Å². The van der Waals surface area contributed by atoms with Gasteiger partial charge in [-0.25, -0.2) is 9.97 Å². The van der Waals surface area contributed by atoms with Crippen LogP contribution in [0.15, 0.2) is 24.3 Å². The smallest absolute Gasteiger partial charge is 0.270 e. The van der Waals surface area contributed by atoms with Crippen LogP contribution in [0.3, 0.4) is 0 Å². The summed E-state index contributed by atoms with van der Waals surface area (Å²) in [6.45, 7) is 5.83. The summed E-state index contributed by atoms with van der Waals surface area (Å²) in [5.74, 6) is 1.85. The Morgan fingerprint density at radius 3 is 2.75 bits per heavy atom. The van der Waals surface area contributed by atoms with Gasteiger partial charge in [-0.1, -0.05) is 12.1 Å². The molecular formula is C26H37N5O5. The summed E-state index contributed by atoms with van der Waals surface area (Å²) in [6.07, 6.45) is 2.14. The highest BCUT2D eigenvalue weighted by molar-refractivity contribution is 5.95. The highest BCUT2D eigenvalue weighted by Crippen LogP contribution is 2.26. The van der Waals surface area contributed by atoms with Gasteiger partial charge in [0.05, 0.1) is 12.6 Å². The van der Waals surface area contributed by atoms with Crippen molar-refractivity contribution in [2.45, 2.75) is 38.3 Å². The Kier molecular flexibility index (Phi) is 9.46. The number of aliphatic hydroxyl groups excluding tert-OH is 1. The van der Waals surface area contributed by atoms with E-state index in [9.17, 15) is 9.90 Å². The third-order valence-corrected chi connectivity index (χ3v) is 6.50. The first-order chi connectivity index (χ1) is 17.5. The first kappa shape index (κ1) is 26.3. The lowest BCUT2D eigenvalue weighted by Crippen LogP contribution is -2.33.